The summed E-state index contributed by atoms with van der Waals surface area (Å²) in [6, 6.07) is 6.55. The average Bonchev–Trinajstić information content (AvgIpc) is 2.31. The van der Waals surface area contributed by atoms with Crippen molar-refractivity contribution >= 4 is 41.7 Å². The summed E-state index contributed by atoms with van der Waals surface area (Å²) in [5.74, 6) is -1.20. The molecule has 2 N–H and O–H groups in total. The van der Waals surface area contributed by atoms with Crippen LogP contribution in [0.4, 0.5) is 5.69 Å². The number of para-hydroxylation sites is 1. The molecule has 0 aliphatic rings. The maximum absolute atomic E-state index is 12.1. The van der Waals surface area contributed by atoms with Gasteiger partial charge in [0.25, 0.3) is 5.91 Å². The Morgan fingerprint density at radius 1 is 1.42 bits per heavy atom. The molecule has 0 heterocycles. The molecule has 0 saturated carbocycles. The van der Waals surface area contributed by atoms with Crippen LogP contribution in [0.25, 0.3) is 0 Å². The second kappa shape index (κ2) is 6.53. The predicted octanol–water partition coefficient (Wildman–Crippen LogP) is 1.81. The normalized spacial score (nSPS) is 13.2. The molecule has 0 aromatic heterocycles. The maximum Gasteiger partial charge on any atom is 0.262 e. The topological polar surface area (TPSA) is 87.6 Å². The van der Waals surface area contributed by atoms with Gasteiger partial charge in [-0.15, -0.1) is 12.6 Å². The number of carbonyl (C=O) groups is 2. The van der Waals surface area contributed by atoms with Crippen LogP contribution in [0.5, 0.6) is 0 Å². The van der Waals surface area contributed by atoms with Crippen molar-refractivity contribution in [1.29, 1.82) is 0 Å². The average molecular weight is 302 g/mol. The molecule has 6 nitrogen and oxygen atoms in total. The zero-order chi connectivity index (χ0) is 14.5. The lowest BCUT2D eigenvalue weighted by molar-refractivity contribution is -0.125. The zero-order valence-corrected chi connectivity index (χ0v) is 11.7. The number of carbonyl (C=O) groups excluding carboxylic acids is 2. The van der Waals surface area contributed by atoms with E-state index in [1.165, 1.54) is 6.92 Å². The molecule has 1 aromatic rings. The minimum Gasteiger partial charge on any atom is -0.332 e. The third-order valence-corrected chi connectivity index (χ3v) is 2.96. The summed E-state index contributed by atoms with van der Waals surface area (Å²) in [6.07, 6.45) is 0. The van der Waals surface area contributed by atoms with E-state index in [2.05, 4.69) is 28.4 Å². The zero-order valence-electron chi connectivity index (χ0n) is 10.0. The Kier molecular flexibility index (Phi) is 5.31. The Labute approximate surface area is 120 Å². The van der Waals surface area contributed by atoms with Gasteiger partial charge in [-0.3, -0.25) is 9.59 Å². The first-order valence-electron chi connectivity index (χ1n) is 5.25. The van der Waals surface area contributed by atoms with Crippen molar-refractivity contribution in [3.8, 4) is 0 Å². The standard InChI is InChI=1S/C11H12ClN3O3S/c1-7(16)15-11(19,6-13-18)10(17)14-9-5-3-2-4-8(9)12/h2-5,19H,6H2,1H3,(H,14,17)(H,15,16)/t11-/m1/s1. The van der Waals surface area contributed by atoms with Crippen LogP contribution in [-0.4, -0.2) is 23.2 Å². The molecule has 1 atom stereocenters. The lowest BCUT2D eigenvalue weighted by atomic mass is 10.2. The van der Waals surface area contributed by atoms with Crippen molar-refractivity contribution < 1.29 is 9.59 Å². The molecular formula is C11H12ClN3O3S. The summed E-state index contributed by atoms with van der Waals surface area (Å²) < 4.78 is 0. The predicted molar refractivity (Wildman–Crippen MR) is 76.3 cm³/mol. The van der Waals surface area contributed by atoms with E-state index >= 15 is 0 Å². The fraction of sp³-hybridized carbons (Fsp3) is 0.273. The number of nitrogens with zero attached hydrogens (tertiary/aromatic N) is 1. The van der Waals surface area contributed by atoms with Gasteiger partial charge in [0.05, 0.1) is 10.7 Å². The van der Waals surface area contributed by atoms with Crippen molar-refractivity contribution in [2.24, 2.45) is 5.18 Å². The van der Waals surface area contributed by atoms with Gasteiger partial charge in [-0.05, 0) is 12.1 Å². The molecule has 2 amide bonds. The highest BCUT2D eigenvalue weighted by molar-refractivity contribution is 7.82. The summed E-state index contributed by atoms with van der Waals surface area (Å²) >= 11 is 9.91. The number of rotatable bonds is 5. The Morgan fingerprint density at radius 3 is 2.58 bits per heavy atom. The molecule has 8 heteroatoms. The Hall–Kier alpha value is -1.60. The first-order valence-corrected chi connectivity index (χ1v) is 6.08. The highest BCUT2D eigenvalue weighted by Gasteiger charge is 2.36. The fourth-order valence-corrected chi connectivity index (χ4v) is 1.80. The van der Waals surface area contributed by atoms with E-state index in [4.69, 9.17) is 11.6 Å². The number of hydrogen-bond donors (Lipinski definition) is 3. The molecule has 0 fully saturated rings. The molecule has 1 rings (SSSR count). The van der Waals surface area contributed by atoms with E-state index in [0.29, 0.717) is 10.7 Å². The maximum atomic E-state index is 12.1. The van der Waals surface area contributed by atoms with Crippen LogP contribution in [0.15, 0.2) is 29.4 Å². The van der Waals surface area contributed by atoms with E-state index in [0.717, 1.165) is 0 Å². The third kappa shape index (κ3) is 4.22. The molecule has 102 valence electrons. The van der Waals surface area contributed by atoms with Crippen LogP contribution in [0.2, 0.25) is 5.02 Å². The molecule has 19 heavy (non-hydrogen) atoms. The van der Waals surface area contributed by atoms with Crippen molar-refractivity contribution in [3.63, 3.8) is 0 Å². The molecule has 0 aliphatic heterocycles. The van der Waals surface area contributed by atoms with Crippen molar-refractivity contribution in [2.75, 3.05) is 11.9 Å². The van der Waals surface area contributed by atoms with Gasteiger partial charge in [-0.1, -0.05) is 28.9 Å². The van der Waals surface area contributed by atoms with E-state index in [9.17, 15) is 14.5 Å². The first-order chi connectivity index (χ1) is 8.89. The minimum atomic E-state index is -1.72. The quantitative estimate of drug-likeness (QED) is 0.440. The van der Waals surface area contributed by atoms with Crippen LogP contribution in [-0.2, 0) is 9.59 Å². The van der Waals surface area contributed by atoms with Gasteiger partial charge >= 0.3 is 0 Å². The number of thiol groups is 1. The van der Waals surface area contributed by atoms with Gasteiger partial charge in [-0.25, -0.2) is 0 Å². The van der Waals surface area contributed by atoms with Crippen molar-refractivity contribution in [3.05, 3.63) is 34.2 Å². The van der Waals surface area contributed by atoms with Crippen LogP contribution in [0, 0.1) is 4.91 Å². The Balaban J connectivity index is 2.92. The Morgan fingerprint density at radius 2 is 2.05 bits per heavy atom. The fourth-order valence-electron chi connectivity index (χ4n) is 1.34. The largest absolute Gasteiger partial charge is 0.332 e. The number of amides is 2. The molecule has 0 radical (unpaired) electrons. The molecule has 0 saturated heterocycles. The number of benzene rings is 1. The van der Waals surface area contributed by atoms with Gasteiger partial charge in [-0.2, -0.15) is 4.91 Å². The van der Waals surface area contributed by atoms with E-state index < -0.39 is 23.2 Å². The minimum absolute atomic E-state index is 0.327. The molecule has 0 aliphatic carbocycles. The van der Waals surface area contributed by atoms with Crippen LogP contribution < -0.4 is 10.6 Å². The highest BCUT2D eigenvalue weighted by atomic mass is 35.5. The summed E-state index contributed by atoms with van der Waals surface area (Å²) in [5.41, 5.74) is 0.351. The van der Waals surface area contributed by atoms with E-state index in [1.54, 1.807) is 24.3 Å². The lowest BCUT2D eigenvalue weighted by Gasteiger charge is -2.25. The molecule has 0 spiro atoms. The van der Waals surface area contributed by atoms with Gasteiger partial charge in [0.15, 0.2) is 4.87 Å². The number of nitroso groups, excluding NO2 is 1. The smallest absolute Gasteiger partial charge is 0.262 e. The SMILES string of the molecule is CC(=O)N[C@@](S)(CN=O)C(=O)Nc1ccccc1Cl. The molecule has 0 unspecified atom stereocenters. The molecule has 0 bridgehead atoms. The van der Waals surface area contributed by atoms with Gasteiger partial charge in [0.2, 0.25) is 5.91 Å². The number of halogens is 1. The van der Waals surface area contributed by atoms with Gasteiger partial charge in [0, 0.05) is 6.92 Å². The number of hydrogen-bond acceptors (Lipinski definition) is 5. The van der Waals surface area contributed by atoms with Crippen molar-refractivity contribution in [2.45, 2.75) is 11.8 Å². The monoisotopic (exact) mass is 301 g/mol. The van der Waals surface area contributed by atoms with E-state index in [-0.39, 0.29) is 0 Å². The molecule has 1 aromatic carbocycles. The highest BCUT2D eigenvalue weighted by Crippen LogP contribution is 2.23. The van der Waals surface area contributed by atoms with Crippen LogP contribution in [0.1, 0.15) is 6.92 Å². The van der Waals surface area contributed by atoms with Crippen molar-refractivity contribution in [1.82, 2.24) is 5.32 Å². The van der Waals surface area contributed by atoms with Crippen LogP contribution in [0.3, 0.4) is 0 Å². The summed E-state index contributed by atoms with van der Waals surface area (Å²) in [7, 11) is 0. The summed E-state index contributed by atoms with van der Waals surface area (Å²) in [5, 5.41) is 7.69. The van der Waals surface area contributed by atoms with Gasteiger partial charge in [0.1, 0.15) is 6.54 Å². The molecular weight excluding hydrogens is 290 g/mol. The lowest BCUT2D eigenvalue weighted by Crippen LogP contribution is -2.54. The van der Waals surface area contributed by atoms with Crippen LogP contribution >= 0.6 is 24.2 Å². The second-order valence-corrected chi connectivity index (χ2v) is 4.93. The van der Waals surface area contributed by atoms with Gasteiger partial charge < -0.3 is 10.6 Å². The number of nitrogens with one attached hydrogen (secondary N) is 2. The summed E-state index contributed by atoms with van der Waals surface area (Å²) in [4.78, 5) is 31.8. The second-order valence-electron chi connectivity index (χ2n) is 3.76. The van der Waals surface area contributed by atoms with E-state index in [1.807, 2.05) is 0 Å². The summed E-state index contributed by atoms with van der Waals surface area (Å²) in [6.45, 7) is 0.699. The number of anilines is 1. The third-order valence-electron chi connectivity index (χ3n) is 2.17. The first kappa shape index (κ1) is 15.5. The Bertz CT molecular complexity index is 512.